The number of aromatic nitrogens is 2. The fourth-order valence-corrected chi connectivity index (χ4v) is 1.95. The molecule has 3 nitrogen and oxygen atoms in total. The summed E-state index contributed by atoms with van der Waals surface area (Å²) < 4.78 is 5.62. The molecule has 2 rings (SSSR count). The Morgan fingerprint density at radius 1 is 1.12 bits per heavy atom. The van der Waals surface area contributed by atoms with Crippen molar-refractivity contribution in [2.45, 2.75) is 33.8 Å². The largest absolute Gasteiger partial charge is 0.491 e. The van der Waals surface area contributed by atoms with Crippen molar-refractivity contribution in [1.29, 1.82) is 0 Å². The van der Waals surface area contributed by atoms with Gasteiger partial charge in [-0.3, -0.25) is 5.10 Å². The lowest BCUT2D eigenvalue weighted by atomic mass is 10.0. The molecule has 0 radical (unpaired) electrons. The van der Waals surface area contributed by atoms with Gasteiger partial charge in [0, 0.05) is 11.3 Å². The van der Waals surface area contributed by atoms with E-state index < -0.39 is 0 Å². The van der Waals surface area contributed by atoms with Crippen LogP contribution in [0.1, 0.15) is 25.2 Å². The Morgan fingerprint density at radius 2 is 1.76 bits per heavy atom. The Kier molecular flexibility index (Phi) is 3.18. The number of H-pyrrole nitrogens is 1. The monoisotopic (exact) mass is 230 g/mol. The predicted molar refractivity (Wildman–Crippen MR) is 69.3 cm³/mol. The minimum Gasteiger partial charge on any atom is -0.491 e. The van der Waals surface area contributed by atoms with Crippen LogP contribution in [0.5, 0.6) is 5.75 Å². The smallest absolute Gasteiger partial charge is 0.119 e. The lowest BCUT2D eigenvalue weighted by molar-refractivity contribution is 0.242. The third kappa shape index (κ3) is 2.49. The average Bonchev–Trinajstić information content (AvgIpc) is 2.59. The summed E-state index contributed by atoms with van der Waals surface area (Å²) in [5, 5.41) is 7.21. The van der Waals surface area contributed by atoms with Crippen LogP contribution in [0.4, 0.5) is 0 Å². The molecule has 0 unspecified atom stereocenters. The van der Waals surface area contributed by atoms with Gasteiger partial charge in [-0.15, -0.1) is 0 Å². The summed E-state index contributed by atoms with van der Waals surface area (Å²) in [6.45, 7) is 8.10. The molecule has 0 fully saturated rings. The number of hydrogen-bond donors (Lipinski definition) is 1. The highest BCUT2D eigenvalue weighted by atomic mass is 16.5. The number of aryl methyl sites for hydroxylation is 2. The zero-order chi connectivity index (χ0) is 12.4. The maximum absolute atomic E-state index is 5.62. The van der Waals surface area contributed by atoms with Crippen molar-refractivity contribution < 1.29 is 4.74 Å². The van der Waals surface area contributed by atoms with E-state index in [1.54, 1.807) is 0 Å². The molecule has 0 bridgehead atoms. The van der Waals surface area contributed by atoms with Crippen LogP contribution in [0.3, 0.4) is 0 Å². The molecule has 0 atom stereocenters. The van der Waals surface area contributed by atoms with E-state index in [1.807, 2.05) is 39.8 Å². The maximum Gasteiger partial charge on any atom is 0.119 e. The van der Waals surface area contributed by atoms with E-state index in [-0.39, 0.29) is 6.10 Å². The Hall–Kier alpha value is -1.77. The molecule has 1 heterocycles. The Bertz CT molecular complexity index is 478. The van der Waals surface area contributed by atoms with Crippen LogP contribution in [0.15, 0.2) is 24.3 Å². The van der Waals surface area contributed by atoms with Crippen LogP contribution >= 0.6 is 0 Å². The maximum atomic E-state index is 5.62. The van der Waals surface area contributed by atoms with Gasteiger partial charge in [-0.1, -0.05) is 12.1 Å². The second kappa shape index (κ2) is 4.62. The number of nitrogens with zero attached hydrogens (tertiary/aromatic N) is 1. The number of hydrogen-bond acceptors (Lipinski definition) is 2. The summed E-state index contributed by atoms with van der Waals surface area (Å²) in [6.07, 6.45) is 0.207. The SMILES string of the molecule is Cc1n[nH]c(C)c1-c1ccc(OC(C)C)cc1. The molecule has 2 aromatic rings. The number of aromatic amines is 1. The molecular weight excluding hydrogens is 212 g/mol. The van der Waals surface area contributed by atoms with Gasteiger partial charge in [-0.25, -0.2) is 0 Å². The lowest BCUT2D eigenvalue weighted by Gasteiger charge is -2.10. The first kappa shape index (κ1) is 11.7. The van der Waals surface area contributed by atoms with Crippen molar-refractivity contribution in [3.63, 3.8) is 0 Å². The quantitative estimate of drug-likeness (QED) is 0.876. The van der Waals surface area contributed by atoms with Crippen LogP contribution < -0.4 is 4.74 Å². The molecule has 1 aromatic carbocycles. The van der Waals surface area contributed by atoms with Gasteiger partial charge in [0.1, 0.15) is 5.75 Å². The first-order valence-electron chi connectivity index (χ1n) is 5.86. The van der Waals surface area contributed by atoms with Gasteiger partial charge < -0.3 is 4.74 Å². The zero-order valence-electron chi connectivity index (χ0n) is 10.7. The molecule has 0 aliphatic rings. The highest BCUT2D eigenvalue weighted by Gasteiger charge is 2.08. The third-order valence-electron chi connectivity index (χ3n) is 2.64. The van der Waals surface area contributed by atoms with E-state index in [1.165, 1.54) is 11.1 Å². The van der Waals surface area contributed by atoms with Crippen molar-refractivity contribution in [1.82, 2.24) is 10.2 Å². The fourth-order valence-electron chi connectivity index (χ4n) is 1.95. The lowest BCUT2D eigenvalue weighted by Crippen LogP contribution is -2.05. The van der Waals surface area contributed by atoms with Gasteiger partial charge in [0.05, 0.1) is 11.8 Å². The summed E-state index contributed by atoms with van der Waals surface area (Å²) in [4.78, 5) is 0. The first-order chi connectivity index (χ1) is 8.08. The van der Waals surface area contributed by atoms with Crippen LogP contribution in [0.2, 0.25) is 0 Å². The Balaban J connectivity index is 2.30. The second-order valence-corrected chi connectivity index (χ2v) is 4.50. The van der Waals surface area contributed by atoms with Gasteiger partial charge in [-0.05, 0) is 45.4 Å². The highest BCUT2D eigenvalue weighted by Crippen LogP contribution is 2.27. The number of benzene rings is 1. The summed E-state index contributed by atoms with van der Waals surface area (Å²) in [5.74, 6) is 0.905. The topological polar surface area (TPSA) is 37.9 Å². The average molecular weight is 230 g/mol. The van der Waals surface area contributed by atoms with E-state index in [0.717, 1.165) is 17.1 Å². The molecule has 0 saturated heterocycles. The number of rotatable bonds is 3. The molecule has 17 heavy (non-hydrogen) atoms. The van der Waals surface area contributed by atoms with Gasteiger partial charge in [0.15, 0.2) is 0 Å². The molecule has 0 saturated carbocycles. The number of ether oxygens (including phenoxy) is 1. The van der Waals surface area contributed by atoms with Crippen molar-refractivity contribution in [3.8, 4) is 16.9 Å². The number of nitrogens with one attached hydrogen (secondary N) is 1. The van der Waals surface area contributed by atoms with Crippen molar-refractivity contribution in [3.05, 3.63) is 35.7 Å². The van der Waals surface area contributed by atoms with E-state index >= 15 is 0 Å². The summed E-state index contributed by atoms with van der Waals surface area (Å²) in [7, 11) is 0. The minimum absolute atomic E-state index is 0.207. The molecule has 0 aliphatic heterocycles. The van der Waals surface area contributed by atoms with Crippen LogP contribution in [-0.4, -0.2) is 16.3 Å². The van der Waals surface area contributed by atoms with Crippen molar-refractivity contribution in [2.75, 3.05) is 0 Å². The molecule has 90 valence electrons. The third-order valence-corrected chi connectivity index (χ3v) is 2.64. The zero-order valence-corrected chi connectivity index (χ0v) is 10.7. The van der Waals surface area contributed by atoms with E-state index in [0.29, 0.717) is 0 Å². The van der Waals surface area contributed by atoms with Crippen molar-refractivity contribution >= 4 is 0 Å². The van der Waals surface area contributed by atoms with Crippen molar-refractivity contribution in [2.24, 2.45) is 0 Å². The van der Waals surface area contributed by atoms with E-state index in [2.05, 4.69) is 22.3 Å². The normalized spacial score (nSPS) is 10.9. The highest BCUT2D eigenvalue weighted by molar-refractivity contribution is 5.68. The van der Waals surface area contributed by atoms with E-state index in [9.17, 15) is 0 Å². The van der Waals surface area contributed by atoms with Crippen LogP contribution in [-0.2, 0) is 0 Å². The molecular formula is C14H18N2O. The van der Waals surface area contributed by atoms with Gasteiger partial charge in [0.2, 0.25) is 0 Å². The summed E-state index contributed by atoms with van der Waals surface area (Å²) in [5.41, 5.74) is 4.48. The molecule has 0 aliphatic carbocycles. The molecule has 0 spiro atoms. The molecule has 1 aromatic heterocycles. The Morgan fingerprint density at radius 3 is 2.24 bits per heavy atom. The second-order valence-electron chi connectivity index (χ2n) is 4.50. The van der Waals surface area contributed by atoms with Gasteiger partial charge >= 0.3 is 0 Å². The predicted octanol–water partition coefficient (Wildman–Crippen LogP) is 3.48. The minimum atomic E-state index is 0.207. The molecule has 3 heteroatoms. The fraction of sp³-hybridized carbons (Fsp3) is 0.357. The molecule has 1 N–H and O–H groups in total. The summed E-state index contributed by atoms with van der Waals surface area (Å²) in [6, 6.07) is 8.15. The Labute approximate surface area is 102 Å². The molecule has 0 amide bonds. The van der Waals surface area contributed by atoms with Crippen LogP contribution in [0, 0.1) is 13.8 Å². The van der Waals surface area contributed by atoms with Gasteiger partial charge in [-0.2, -0.15) is 5.10 Å². The standard InChI is InChI=1S/C14H18N2O/c1-9(2)17-13-7-5-12(6-8-13)14-10(3)15-16-11(14)4/h5-9H,1-4H3,(H,15,16). The van der Waals surface area contributed by atoms with Gasteiger partial charge in [0.25, 0.3) is 0 Å². The summed E-state index contributed by atoms with van der Waals surface area (Å²) >= 11 is 0. The first-order valence-corrected chi connectivity index (χ1v) is 5.86. The van der Waals surface area contributed by atoms with E-state index in [4.69, 9.17) is 4.74 Å². The van der Waals surface area contributed by atoms with Crippen LogP contribution in [0.25, 0.3) is 11.1 Å².